The summed E-state index contributed by atoms with van der Waals surface area (Å²) in [4.78, 5) is 10.5. The predicted molar refractivity (Wildman–Crippen MR) is 53.8 cm³/mol. The Morgan fingerprint density at radius 1 is 1.50 bits per heavy atom. The van der Waals surface area contributed by atoms with Crippen molar-refractivity contribution in [2.45, 2.75) is 4.90 Å². The Balaban J connectivity index is 3.14. The van der Waals surface area contributed by atoms with Crippen LogP contribution in [-0.2, 0) is 14.8 Å². The standard InChI is InChI=1S/C8H9FN2O4S/c1-15-8(12)11-7-4-5(16(10,13)14)2-3-6(7)9/h2-4H,1H3,(H,11,12)(H2,10,13,14). The number of nitrogens with two attached hydrogens (primary N) is 1. The molecule has 1 rings (SSSR count). The molecule has 0 bridgehead atoms. The zero-order valence-electron chi connectivity index (χ0n) is 8.23. The molecule has 1 aromatic rings. The zero-order chi connectivity index (χ0) is 12.3. The van der Waals surface area contributed by atoms with Gasteiger partial charge in [-0.15, -0.1) is 0 Å². The summed E-state index contributed by atoms with van der Waals surface area (Å²) < 4.78 is 39.3. The number of hydrogen-bond acceptors (Lipinski definition) is 4. The van der Waals surface area contributed by atoms with Gasteiger partial charge in [0.1, 0.15) is 5.82 Å². The molecule has 88 valence electrons. The van der Waals surface area contributed by atoms with Crippen LogP contribution in [0.2, 0.25) is 0 Å². The topological polar surface area (TPSA) is 98.5 Å². The predicted octanol–water partition coefficient (Wildman–Crippen LogP) is 0.651. The largest absolute Gasteiger partial charge is 0.453 e. The summed E-state index contributed by atoms with van der Waals surface area (Å²) in [7, 11) is -2.85. The van der Waals surface area contributed by atoms with Crippen LogP contribution in [0.25, 0.3) is 0 Å². The molecule has 0 fully saturated rings. The van der Waals surface area contributed by atoms with Gasteiger partial charge < -0.3 is 4.74 Å². The number of rotatable bonds is 2. The molecule has 0 radical (unpaired) electrons. The first-order valence-electron chi connectivity index (χ1n) is 4.02. The van der Waals surface area contributed by atoms with Gasteiger partial charge >= 0.3 is 6.09 Å². The number of benzene rings is 1. The Kier molecular flexibility index (Phi) is 3.45. The Labute approximate surface area is 91.3 Å². The molecular weight excluding hydrogens is 239 g/mol. The summed E-state index contributed by atoms with van der Waals surface area (Å²) in [5.41, 5.74) is -0.321. The molecule has 0 atom stereocenters. The highest BCUT2D eigenvalue weighted by Gasteiger charge is 2.13. The number of primary sulfonamides is 1. The second kappa shape index (κ2) is 4.45. The molecule has 0 unspecified atom stereocenters. The van der Waals surface area contributed by atoms with Crippen LogP contribution >= 0.6 is 0 Å². The number of methoxy groups -OCH3 is 1. The van der Waals surface area contributed by atoms with E-state index >= 15 is 0 Å². The van der Waals surface area contributed by atoms with Gasteiger partial charge in [0, 0.05) is 0 Å². The highest BCUT2D eigenvalue weighted by Crippen LogP contribution is 2.18. The molecule has 0 aliphatic carbocycles. The molecule has 8 heteroatoms. The van der Waals surface area contributed by atoms with Gasteiger partial charge in [0.05, 0.1) is 17.7 Å². The highest BCUT2D eigenvalue weighted by atomic mass is 32.2. The number of nitrogens with one attached hydrogen (secondary N) is 1. The summed E-state index contributed by atoms with van der Waals surface area (Å²) in [5, 5.41) is 6.86. The zero-order valence-corrected chi connectivity index (χ0v) is 9.05. The molecule has 16 heavy (non-hydrogen) atoms. The molecule has 0 saturated carbocycles. The van der Waals surface area contributed by atoms with Crippen molar-refractivity contribution >= 4 is 21.8 Å². The third-order valence-corrected chi connectivity index (χ3v) is 2.60. The van der Waals surface area contributed by atoms with Gasteiger partial charge in [0.15, 0.2) is 0 Å². The molecule has 0 heterocycles. The van der Waals surface area contributed by atoms with E-state index in [2.05, 4.69) is 4.74 Å². The van der Waals surface area contributed by atoms with E-state index < -0.39 is 21.9 Å². The van der Waals surface area contributed by atoms with Crippen molar-refractivity contribution in [2.75, 3.05) is 12.4 Å². The minimum atomic E-state index is -3.94. The normalized spacial score (nSPS) is 10.9. The number of amides is 1. The summed E-state index contributed by atoms with van der Waals surface area (Å²) in [5.74, 6) is -0.794. The van der Waals surface area contributed by atoms with Crippen molar-refractivity contribution < 1.29 is 22.3 Å². The lowest BCUT2D eigenvalue weighted by Gasteiger charge is -2.06. The Hall–Kier alpha value is -1.67. The van der Waals surface area contributed by atoms with E-state index in [0.29, 0.717) is 0 Å². The molecule has 1 amide bonds. The fourth-order valence-electron chi connectivity index (χ4n) is 0.938. The van der Waals surface area contributed by atoms with Gasteiger partial charge in [0.2, 0.25) is 10.0 Å². The van der Waals surface area contributed by atoms with Gasteiger partial charge in [-0.05, 0) is 18.2 Å². The third kappa shape index (κ3) is 2.91. The van der Waals surface area contributed by atoms with Gasteiger partial charge in [-0.1, -0.05) is 0 Å². The first-order valence-corrected chi connectivity index (χ1v) is 5.56. The number of hydrogen-bond donors (Lipinski definition) is 2. The van der Waals surface area contributed by atoms with Gasteiger partial charge in [-0.3, -0.25) is 5.32 Å². The number of ether oxygens (including phenoxy) is 1. The molecule has 0 spiro atoms. The first-order chi connectivity index (χ1) is 7.34. The number of carbonyl (C=O) groups excluding carboxylic acids is 1. The SMILES string of the molecule is COC(=O)Nc1cc(S(N)(=O)=O)ccc1F. The van der Waals surface area contributed by atoms with E-state index in [1.54, 1.807) is 0 Å². The minimum absolute atomic E-state index is 0.305. The maximum Gasteiger partial charge on any atom is 0.411 e. The average molecular weight is 248 g/mol. The van der Waals surface area contributed by atoms with Crippen molar-refractivity contribution in [2.24, 2.45) is 5.14 Å². The van der Waals surface area contributed by atoms with Crippen LogP contribution in [0.4, 0.5) is 14.9 Å². The number of anilines is 1. The lowest BCUT2D eigenvalue weighted by Crippen LogP contribution is -2.15. The minimum Gasteiger partial charge on any atom is -0.453 e. The van der Waals surface area contributed by atoms with E-state index in [-0.39, 0.29) is 10.6 Å². The van der Waals surface area contributed by atoms with Crippen LogP contribution < -0.4 is 10.5 Å². The quantitative estimate of drug-likeness (QED) is 0.802. The number of halogens is 1. The summed E-state index contributed by atoms with van der Waals surface area (Å²) >= 11 is 0. The Morgan fingerprint density at radius 3 is 2.62 bits per heavy atom. The van der Waals surface area contributed by atoms with Crippen LogP contribution in [0.15, 0.2) is 23.1 Å². The molecule has 0 aliphatic rings. The fraction of sp³-hybridized carbons (Fsp3) is 0.125. The third-order valence-electron chi connectivity index (χ3n) is 1.69. The first kappa shape index (κ1) is 12.4. The second-order valence-corrected chi connectivity index (χ2v) is 4.36. The summed E-state index contributed by atoms with van der Waals surface area (Å²) in [6.07, 6.45) is -0.912. The van der Waals surface area contributed by atoms with Crippen molar-refractivity contribution in [1.29, 1.82) is 0 Å². The lowest BCUT2D eigenvalue weighted by molar-refractivity contribution is 0.186. The molecule has 0 aromatic heterocycles. The lowest BCUT2D eigenvalue weighted by atomic mass is 10.3. The maximum absolute atomic E-state index is 13.1. The Morgan fingerprint density at radius 2 is 2.12 bits per heavy atom. The number of carbonyl (C=O) groups is 1. The second-order valence-electron chi connectivity index (χ2n) is 2.80. The molecule has 0 aliphatic heterocycles. The van der Waals surface area contributed by atoms with Crippen molar-refractivity contribution in [3.63, 3.8) is 0 Å². The molecule has 1 aromatic carbocycles. The maximum atomic E-state index is 13.1. The van der Waals surface area contributed by atoms with E-state index in [1.165, 1.54) is 0 Å². The van der Waals surface area contributed by atoms with Gasteiger partial charge in [-0.25, -0.2) is 22.7 Å². The monoisotopic (exact) mass is 248 g/mol. The van der Waals surface area contributed by atoms with Crippen LogP contribution in [0.5, 0.6) is 0 Å². The van der Waals surface area contributed by atoms with E-state index in [0.717, 1.165) is 25.3 Å². The van der Waals surface area contributed by atoms with Crippen molar-refractivity contribution in [3.05, 3.63) is 24.0 Å². The van der Waals surface area contributed by atoms with Crippen molar-refractivity contribution in [1.82, 2.24) is 0 Å². The van der Waals surface area contributed by atoms with E-state index in [1.807, 2.05) is 5.32 Å². The molecule has 3 N–H and O–H groups in total. The van der Waals surface area contributed by atoms with Crippen molar-refractivity contribution in [3.8, 4) is 0 Å². The average Bonchev–Trinajstić information content (AvgIpc) is 2.19. The van der Waals surface area contributed by atoms with E-state index in [4.69, 9.17) is 5.14 Å². The van der Waals surface area contributed by atoms with Crippen LogP contribution in [0.1, 0.15) is 0 Å². The highest BCUT2D eigenvalue weighted by molar-refractivity contribution is 7.89. The Bertz CT molecular complexity index is 515. The van der Waals surface area contributed by atoms with Crippen LogP contribution in [0, 0.1) is 5.82 Å². The van der Waals surface area contributed by atoms with Crippen LogP contribution in [0.3, 0.4) is 0 Å². The fourth-order valence-corrected chi connectivity index (χ4v) is 1.48. The van der Waals surface area contributed by atoms with E-state index in [9.17, 15) is 17.6 Å². The summed E-state index contributed by atoms with van der Waals surface area (Å²) in [6.45, 7) is 0. The van der Waals surface area contributed by atoms with Gasteiger partial charge in [-0.2, -0.15) is 0 Å². The van der Waals surface area contributed by atoms with Gasteiger partial charge in [0.25, 0.3) is 0 Å². The smallest absolute Gasteiger partial charge is 0.411 e. The molecule has 6 nitrogen and oxygen atoms in total. The summed E-state index contributed by atoms with van der Waals surface area (Å²) in [6, 6.07) is 2.78. The molecular formula is C8H9FN2O4S. The molecule has 0 saturated heterocycles. The van der Waals surface area contributed by atoms with Crippen LogP contribution in [-0.4, -0.2) is 21.6 Å². The number of sulfonamides is 1.